The molecule has 0 spiro atoms. The van der Waals surface area contributed by atoms with Crippen molar-refractivity contribution in [3.8, 4) is 11.5 Å². The van der Waals surface area contributed by atoms with E-state index in [1.807, 2.05) is 18.2 Å². The Kier molecular flexibility index (Phi) is 10.2. The third-order valence-corrected chi connectivity index (χ3v) is 5.02. The molecule has 0 unspecified atom stereocenters. The van der Waals surface area contributed by atoms with Crippen LogP contribution in [0, 0.1) is 0 Å². The van der Waals surface area contributed by atoms with Gasteiger partial charge in [0.05, 0.1) is 11.6 Å². The van der Waals surface area contributed by atoms with Crippen molar-refractivity contribution in [3.05, 3.63) is 52.3 Å². The monoisotopic (exact) mass is 434 g/mol. The summed E-state index contributed by atoms with van der Waals surface area (Å²) in [6.45, 7) is 4.58. The molecular formula is C22H31BrN2O2. The summed E-state index contributed by atoms with van der Waals surface area (Å²) < 4.78 is 12.4. The van der Waals surface area contributed by atoms with E-state index in [1.54, 1.807) is 19.5 Å². The van der Waals surface area contributed by atoms with Gasteiger partial charge >= 0.3 is 0 Å². The van der Waals surface area contributed by atoms with Crippen LogP contribution in [0.1, 0.15) is 56.6 Å². The van der Waals surface area contributed by atoms with Gasteiger partial charge in [0.15, 0.2) is 11.5 Å². The average molecular weight is 435 g/mol. The normalized spacial score (nSPS) is 10.8. The third-order valence-electron chi connectivity index (χ3n) is 4.43. The largest absolute Gasteiger partial charge is 0.493 e. The van der Waals surface area contributed by atoms with E-state index in [1.165, 1.54) is 44.1 Å². The lowest BCUT2D eigenvalue weighted by molar-refractivity contribution is 0.282. The molecule has 0 aliphatic carbocycles. The highest BCUT2D eigenvalue weighted by molar-refractivity contribution is 9.10. The van der Waals surface area contributed by atoms with Crippen LogP contribution in [-0.2, 0) is 13.2 Å². The maximum atomic E-state index is 5.96. The lowest BCUT2D eigenvalue weighted by atomic mass is 10.1. The number of hydrogen-bond acceptors (Lipinski definition) is 4. The molecule has 2 aromatic rings. The van der Waals surface area contributed by atoms with Crippen LogP contribution in [0.4, 0.5) is 0 Å². The molecule has 4 nitrogen and oxygen atoms in total. The molecule has 27 heavy (non-hydrogen) atoms. The van der Waals surface area contributed by atoms with Crippen molar-refractivity contribution in [2.45, 2.75) is 58.6 Å². The number of aromatic nitrogens is 1. The van der Waals surface area contributed by atoms with Gasteiger partial charge in [-0.2, -0.15) is 0 Å². The zero-order chi connectivity index (χ0) is 19.3. The molecule has 5 heteroatoms. The first-order valence-electron chi connectivity index (χ1n) is 9.83. The number of rotatable bonds is 13. The zero-order valence-corrected chi connectivity index (χ0v) is 18.1. The molecule has 0 bridgehead atoms. The molecule has 0 fully saturated rings. The van der Waals surface area contributed by atoms with Gasteiger partial charge in [-0.25, -0.2) is 0 Å². The summed E-state index contributed by atoms with van der Waals surface area (Å²) in [5.41, 5.74) is 2.20. The van der Waals surface area contributed by atoms with Crippen molar-refractivity contribution >= 4 is 15.9 Å². The van der Waals surface area contributed by atoms with Gasteiger partial charge in [-0.15, -0.1) is 0 Å². The number of methoxy groups -OCH3 is 1. The number of ether oxygens (including phenoxy) is 2. The zero-order valence-electron chi connectivity index (χ0n) is 16.5. The van der Waals surface area contributed by atoms with Crippen molar-refractivity contribution in [3.63, 3.8) is 0 Å². The first kappa shape index (κ1) is 21.7. The fourth-order valence-corrected chi connectivity index (χ4v) is 3.52. The van der Waals surface area contributed by atoms with Crippen LogP contribution in [-0.4, -0.2) is 18.6 Å². The Labute approximate surface area is 171 Å². The molecular weight excluding hydrogens is 404 g/mol. The number of pyridine rings is 1. The van der Waals surface area contributed by atoms with Crippen molar-refractivity contribution in [2.24, 2.45) is 0 Å². The summed E-state index contributed by atoms with van der Waals surface area (Å²) in [7, 11) is 1.67. The van der Waals surface area contributed by atoms with Crippen LogP contribution in [0.15, 0.2) is 41.1 Å². The van der Waals surface area contributed by atoms with Gasteiger partial charge in [0.1, 0.15) is 6.61 Å². The van der Waals surface area contributed by atoms with Crippen LogP contribution < -0.4 is 14.8 Å². The van der Waals surface area contributed by atoms with Crippen LogP contribution in [0.5, 0.6) is 11.5 Å². The molecule has 0 radical (unpaired) electrons. The van der Waals surface area contributed by atoms with Crippen LogP contribution in [0.3, 0.4) is 0 Å². The maximum Gasteiger partial charge on any atom is 0.175 e. The number of hydrogen-bond donors (Lipinski definition) is 1. The average Bonchev–Trinajstić information content (AvgIpc) is 2.69. The molecule has 0 aliphatic rings. The second-order valence-electron chi connectivity index (χ2n) is 6.70. The molecule has 0 atom stereocenters. The molecule has 148 valence electrons. The highest BCUT2D eigenvalue weighted by atomic mass is 79.9. The molecule has 0 saturated heterocycles. The fraction of sp³-hybridized carbons (Fsp3) is 0.500. The molecule has 1 aromatic carbocycles. The first-order valence-corrected chi connectivity index (χ1v) is 10.6. The summed E-state index contributed by atoms with van der Waals surface area (Å²) in [4.78, 5) is 4.11. The van der Waals surface area contributed by atoms with Gasteiger partial charge in [0.2, 0.25) is 0 Å². The Morgan fingerprint density at radius 1 is 1.07 bits per heavy atom. The predicted octanol–water partition coefficient (Wildman–Crippen LogP) is 5.88. The third kappa shape index (κ3) is 7.89. The summed E-state index contributed by atoms with van der Waals surface area (Å²) in [6, 6.07) is 8.03. The predicted molar refractivity (Wildman–Crippen MR) is 114 cm³/mol. The Balaban J connectivity index is 1.82. The van der Waals surface area contributed by atoms with Crippen LogP contribution >= 0.6 is 15.9 Å². The second-order valence-corrected chi connectivity index (χ2v) is 7.56. The van der Waals surface area contributed by atoms with Crippen molar-refractivity contribution in [2.75, 3.05) is 13.7 Å². The molecule has 2 rings (SSSR count). The maximum absolute atomic E-state index is 5.96. The molecule has 1 N–H and O–H groups in total. The molecule has 0 saturated carbocycles. The molecule has 1 heterocycles. The van der Waals surface area contributed by atoms with E-state index in [2.05, 4.69) is 39.2 Å². The number of unbranched alkanes of at least 4 members (excludes halogenated alkanes) is 5. The topological polar surface area (TPSA) is 43.4 Å². The van der Waals surface area contributed by atoms with Gasteiger partial charge in [-0.1, -0.05) is 45.1 Å². The Morgan fingerprint density at radius 3 is 2.63 bits per heavy atom. The van der Waals surface area contributed by atoms with E-state index < -0.39 is 0 Å². The van der Waals surface area contributed by atoms with Gasteiger partial charge in [0.25, 0.3) is 0 Å². The second kappa shape index (κ2) is 12.7. The van der Waals surface area contributed by atoms with E-state index in [0.29, 0.717) is 6.61 Å². The van der Waals surface area contributed by atoms with Gasteiger partial charge < -0.3 is 14.8 Å². The van der Waals surface area contributed by atoms with E-state index >= 15 is 0 Å². The van der Waals surface area contributed by atoms with Crippen LogP contribution in [0.25, 0.3) is 0 Å². The van der Waals surface area contributed by atoms with E-state index in [-0.39, 0.29) is 0 Å². The molecule has 0 amide bonds. The summed E-state index contributed by atoms with van der Waals surface area (Å²) >= 11 is 3.62. The van der Waals surface area contributed by atoms with E-state index in [0.717, 1.165) is 34.6 Å². The van der Waals surface area contributed by atoms with Crippen molar-refractivity contribution < 1.29 is 9.47 Å². The number of nitrogens with one attached hydrogen (secondary N) is 1. The minimum absolute atomic E-state index is 0.457. The first-order chi connectivity index (χ1) is 13.2. The SMILES string of the molecule is CCCCCCCCNCc1cc(Br)c(OCc2cccnc2)c(OC)c1. The standard InChI is InChI=1S/C22H31BrN2O2/c1-3-4-5-6-7-8-11-24-16-19-13-20(23)22(21(14-19)26-2)27-17-18-10-9-12-25-15-18/h9-10,12-15,24H,3-8,11,16-17H2,1-2H3. The highest BCUT2D eigenvalue weighted by Crippen LogP contribution is 2.37. The van der Waals surface area contributed by atoms with Crippen molar-refractivity contribution in [1.82, 2.24) is 10.3 Å². The quantitative estimate of drug-likeness (QED) is 0.399. The Hall–Kier alpha value is -1.59. The smallest absolute Gasteiger partial charge is 0.175 e. The Morgan fingerprint density at radius 2 is 1.89 bits per heavy atom. The van der Waals surface area contributed by atoms with E-state index in [4.69, 9.17) is 9.47 Å². The van der Waals surface area contributed by atoms with Gasteiger partial charge in [-0.05, 0) is 52.7 Å². The van der Waals surface area contributed by atoms with Gasteiger partial charge in [0, 0.05) is 24.5 Å². The number of nitrogens with zero attached hydrogens (tertiary/aromatic N) is 1. The van der Waals surface area contributed by atoms with E-state index in [9.17, 15) is 0 Å². The number of benzene rings is 1. The highest BCUT2D eigenvalue weighted by Gasteiger charge is 2.12. The fourth-order valence-electron chi connectivity index (χ4n) is 2.92. The van der Waals surface area contributed by atoms with Gasteiger partial charge in [-0.3, -0.25) is 4.98 Å². The lowest BCUT2D eigenvalue weighted by Crippen LogP contribution is -2.14. The molecule has 0 aliphatic heterocycles. The minimum atomic E-state index is 0.457. The minimum Gasteiger partial charge on any atom is -0.493 e. The number of halogens is 1. The Bertz CT molecular complexity index is 665. The summed E-state index contributed by atoms with van der Waals surface area (Å²) in [6.07, 6.45) is 11.5. The summed E-state index contributed by atoms with van der Waals surface area (Å²) in [5, 5.41) is 3.52. The summed E-state index contributed by atoms with van der Waals surface area (Å²) in [5.74, 6) is 1.46. The van der Waals surface area contributed by atoms with Crippen molar-refractivity contribution in [1.29, 1.82) is 0 Å². The lowest BCUT2D eigenvalue weighted by Gasteiger charge is -2.15. The molecule has 1 aromatic heterocycles. The van der Waals surface area contributed by atoms with Crippen LogP contribution in [0.2, 0.25) is 0 Å².